The molecule has 1 fully saturated rings. The van der Waals surface area contributed by atoms with Gasteiger partial charge in [0.05, 0.1) is 5.52 Å². The Hall–Kier alpha value is -3.22. The molecule has 1 aliphatic heterocycles. The lowest BCUT2D eigenvalue weighted by Crippen LogP contribution is -2.50. The van der Waals surface area contributed by atoms with E-state index in [0.29, 0.717) is 37.1 Å². The molecule has 1 saturated heterocycles. The van der Waals surface area contributed by atoms with Crippen molar-refractivity contribution in [2.24, 2.45) is 7.05 Å². The normalized spacial score (nSPS) is 14.6. The van der Waals surface area contributed by atoms with E-state index in [1.54, 1.807) is 47.0 Å². The number of carbonyl (C=O) groups is 1. The molecule has 0 N–H and O–H groups in total. The van der Waals surface area contributed by atoms with E-state index in [1.807, 2.05) is 6.07 Å². The number of fused-ring (bicyclic) bond motifs is 1. The van der Waals surface area contributed by atoms with Crippen molar-refractivity contribution in [3.05, 3.63) is 70.3 Å². The summed E-state index contributed by atoms with van der Waals surface area (Å²) in [4.78, 5) is 29.3. The third kappa shape index (κ3) is 3.16. The van der Waals surface area contributed by atoms with E-state index in [2.05, 4.69) is 10.00 Å². The molecule has 1 amide bonds. The van der Waals surface area contributed by atoms with Crippen molar-refractivity contribution in [2.45, 2.75) is 0 Å². The molecular formula is C20H19FN4O2. The van der Waals surface area contributed by atoms with E-state index in [0.717, 1.165) is 5.69 Å². The van der Waals surface area contributed by atoms with Crippen molar-refractivity contribution in [3.8, 4) is 0 Å². The first-order valence-electron chi connectivity index (χ1n) is 8.80. The van der Waals surface area contributed by atoms with Crippen LogP contribution in [0.1, 0.15) is 10.5 Å². The molecule has 1 aromatic heterocycles. The largest absolute Gasteiger partial charge is 0.368 e. The van der Waals surface area contributed by atoms with Gasteiger partial charge in [-0.25, -0.2) is 4.39 Å². The second-order valence-corrected chi connectivity index (χ2v) is 6.57. The molecule has 0 unspecified atom stereocenters. The predicted molar refractivity (Wildman–Crippen MR) is 102 cm³/mol. The number of carbonyl (C=O) groups excluding carboxylic acids is 1. The molecule has 4 rings (SSSR count). The summed E-state index contributed by atoms with van der Waals surface area (Å²) in [5.41, 5.74) is 1.23. The van der Waals surface area contributed by atoms with Crippen LogP contribution in [0.5, 0.6) is 0 Å². The quantitative estimate of drug-likeness (QED) is 0.696. The van der Waals surface area contributed by atoms with Gasteiger partial charge < -0.3 is 9.80 Å². The van der Waals surface area contributed by atoms with E-state index in [9.17, 15) is 14.0 Å². The van der Waals surface area contributed by atoms with Gasteiger partial charge in [-0.15, -0.1) is 0 Å². The van der Waals surface area contributed by atoms with E-state index < -0.39 is 0 Å². The monoisotopic (exact) mass is 366 g/mol. The van der Waals surface area contributed by atoms with Gasteiger partial charge in [-0.2, -0.15) is 5.10 Å². The number of aromatic nitrogens is 2. The van der Waals surface area contributed by atoms with Crippen molar-refractivity contribution in [1.82, 2.24) is 14.7 Å². The molecule has 27 heavy (non-hydrogen) atoms. The van der Waals surface area contributed by atoms with Crippen LogP contribution in [-0.2, 0) is 7.05 Å². The van der Waals surface area contributed by atoms with Gasteiger partial charge in [0.2, 0.25) is 5.43 Å². The molecule has 0 radical (unpaired) electrons. The predicted octanol–water partition coefficient (Wildman–Crippen LogP) is 2.03. The van der Waals surface area contributed by atoms with E-state index in [-0.39, 0.29) is 22.8 Å². The standard InChI is InChI=1S/C20H19FN4O2/c1-23-17-5-3-2-4-16(17)19(26)18(22-23)20(27)25-12-10-24(11-13-25)15-8-6-14(21)7-9-15/h2-9H,10-13H2,1H3. The molecule has 0 saturated carbocycles. The SMILES string of the molecule is Cn1nc(C(=O)N2CCN(c3ccc(F)cc3)CC2)c(=O)c2ccccc21. The molecule has 0 aliphatic carbocycles. The molecule has 0 atom stereocenters. The van der Waals surface area contributed by atoms with Crippen LogP contribution >= 0.6 is 0 Å². The van der Waals surface area contributed by atoms with Crippen LogP contribution in [0, 0.1) is 5.82 Å². The van der Waals surface area contributed by atoms with Crippen molar-refractivity contribution in [3.63, 3.8) is 0 Å². The average Bonchev–Trinajstić information content (AvgIpc) is 2.71. The topological polar surface area (TPSA) is 58.4 Å². The Balaban J connectivity index is 1.55. The zero-order chi connectivity index (χ0) is 19.0. The van der Waals surface area contributed by atoms with Gasteiger partial charge in [-0.1, -0.05) is 12.1 Å². The third-order valence-corrected chi connectivity index (χ3v) is 4.92. The Morgan fingerprint density at radius 1 is 1.00 bits per heavy atom. The van der Waals surface area contributed by atoms with Crippen LogP contribution in [0.25, 0.3) is 10.9 Å². The molecule has 2 heterocycles. The first-order valence-corrected chi connectivity index (χ1v) is 8.80. The van der Waals surface area contributed by atoms with Gasteiger partial charge in [0, 0.05) is 44.3 Å². The van der Waals surface area contributed by atoms with Crippen LogP contribution in [-0.4, -0.2) is 46.8 Å². The number of halogens is 1. The Kier molecular flexibility index (Phi) is 4.35. The third-order valence-electron chi connectivity index (χ3n) is 4.92. The van der Waals surface area contributed by atoms with Gasteiger partial charge in [-0.05, 0) is 36.4 Å². The first-order chi connectivity index (χ1) is 13.0. The van der Waals surface area contributed by atoms with Gasteiger partial charge in [0.25, 0.3) is 5.91 Å². The number of para-hydroxylation sites is 1. The summed E-state index contributed by atoms with van der Waals surface area (Å²) in [5, 5.41) is 4.71. The highest BCUT2D eigenvalue weighted by Crippen LogP contribution is 2.17. The summed E-state index contributed by atoms with van der Waals surface area (Å²) in [7, 11) is 1.73. The van der Waals surface area contributed by atoms with E-state index in [4.69, 9.17) is 0 Å². The number of aryl methyl sites for hydroxylation is 1. The van der Waals surface area contributed by atoms with Crippen LogP contribution < -0.4 is 10.3 Å². The molecule has 3 aromatic rings. The lowest BCUT2D eigenvalue weighted by Gasteiger charge is -2.35. The van der Waals surface area contributed by atoms with Crippen molar-refractivity contribution >= 4 is 22.5 Å². The fraction of sp³-hybridized carbons (Fsp3) is 0.250. The molecule has 0 spiro atoms. The number of hydrogen-bond acceptors (Lipinski definition) is 4. The number of nitrogens with zero attached hydrogens (tertiary/aromatic N) is 4. The van der Waals surface area contributed by atoms with Gasteiger partial charge in [-0.3, -0.25) is 14.3 Å². The minimum absolute atomic E-state index is 0.0496. The molecule has 7 heteroatoms. The average molecular weight is 366 g/mol. The maximum atomic E-state index is 13.1. The molecule has 6 nitrogen and oxygen atoms in total. The molecule has 138 valence electrons. The number of anilines is 1. The number of hydrogen-bond donors (Lipinski definition) is 0. The van der Waals surface area contributed by atoms with Crippen LogP contribution in [0.4, 0.5) is 10.1 Å². The Labute approximate surface area is 155 Å². The van der Waals surface area contributed by atoms with E-state index in [1.165, 1.54) is 12.1 Å². The number of rotatable bonds is 2. The van der Waals surface area contributed by atoms with E-state index >= 15 is 0 Å². The van der Waals surface area contributed by atoms with Crippen LogP contribution in [0.15, 0.2) is 53.3 Å². The summed E-state index contributed by atoms with van der Waals surface area (Å²) in [6.45, 7) is 2.19. The molecule has 0 bridgehead atoms. The Morgan fingerprint density at radius 2 is 1.67 bits per heavy atom. The zero-order valence-corrected chi connectivity index (χ0v) is 14.9. The van der Waals surface area contributed by atoms with Gasteiger partial charge >= 0.3 is 0 Å². The second-order valence-electron chi connectivity index (χ2n) is 6.57. The van der Waals surface area contributed by atoms with Crippen LogP contribution in [0.2, 0.25) is 0 Å². The van der Waals surface area contributed by atoms with Gasteiger partial charge in [0.15, 0.2) is 5.69 Å². The fourth-order valence-corrected chi connectivity index (χ4v) is 3.43. The minimum Gasteiger partial charge on any atom is -0.368 e. The second kappa shape index (κ2) is 6.83. The maximum absolute atomic E-state index is 13.1. The summed E-state index contributed by atoms with van der Waals surface area (Å²) in [6.07, 6.45) is 0. The Morgan fingerprint density at radius 3 is 2.37 bits per heavy atom. The summed E-state index contributed by atoms with van der Waals surface area (Å²) >= 11 is 0. The molecule has 1 aliphatic rings. The molecule has 2 aromatic carbocycles. The fourth-order valence-electron chi connectivity index (χ4n) is 3.43. The highest BCUT2D eigenvalue weighted by Gasteiger charge is 2.26. The summed E-state index contributed by atoms with van der Waals surface area (Å²) in [5.74, 6) is -0.620. The number of amides is 1. The van der Waals surface area contributed by atoms with Crippen molar-refractivity contribution < 1.29 is 9.18 Å². The zero-order valence-electron chi connectivity index (χ0n) is 14.9. The minimum atomic E-state index is -0.347. The highest BCUT2D eigenvalue weighted by atomic mass is 19.1. The first kappa shape index (κ1) is 17.2. The smallest absolute Gasteiger partial charge is 0.278 e. The number of piperazine rings is 1. The number of benzene rings is 2. The maximum Gasteiger partial charge on any atom is 0.278 e. The van der Waals surface area contributed by atoms with Crippen molar-refractivity contribution in [2.75, 3.05) is 31.1 Å². The Bertz CT molecular complexity index is 1050. The van der Waals surface area contributed by atoms with Gasteiger partial charge in [0.1, 0.15) is 5.82 Å². The molecular weight excluding hydrogens is 347 g/mol. The summed E-state index contributed by atoms with van der Waals surface area (Å²) in [6, 6.07) is 13.4. The van der Waals surface area contributed by atoms with Crippen molar-refractivity contribution in [1.29, 1.82) is 0 Å². The lowest BCUT2D eigenvalue weighted by molar-refractivity contribution is 0.0737. The lowest BCUT2D eigenvalue weighted by atomic mass is 10.1. The summed E-state index contributed by atoms with van der Waals surface area (Å²) < 4.78 is 14.6. The van der Waals surface area contributed by atoms with Crippen LogP contribution in [0.3, 0.4) is 0 Å². The highest BCUT2D eigenvalue weighted by molar-refractivity contribution is 5.95.